The van der Waals surface area contributed by atoms with E-state index in [-0.39, 0.29) is 12.6 Å². The van der Waals surface area contributed by atoms with Crippen molar-refractivity contribution < 1.29 is 18.3 Å². The quantitative estimate of drug-likeness (QED) is 0.728. The summed E-state index contributed by atoms with van der Waals surface area (Å²) in [6, 6.07) is 7.12. The van der Waals surface area contributed by atoms with Crippen LogP contribution < -0.4 is 0 Å². The number of rotatable bonds is 8. The van der Waals surface area contributed by atoms with Crippen molar-refractivity contribution in [3.63, 3.8) is 0 Å². The number of aliphatic hydroxyl groups excluding tert-OH is 1. The summed E-state index contributed by atoms with van der Waals surface area (Å²) < 4.78 is 28.0. The molecule has 0 unspecified atom stereocenters. The summed E-state index contributed by atoms with van der Waals surface area (Å²) in [5.41, 5.74) is 1.06. The Hall–Kier alpha value is -0.950. The number of hydrogen-bond acceptors (Lipinski definition) is 5. The van der Waals surface area contributed by atoms with Crippen LogP contribution in [0.15, 0.2) is 29.2 Å². The van der Waals surface area contributed by atoms with E-state index in [1.807, 2.05) is 19.2 Å². The molecule has 0 spiro atoms. The van der Waals surface area contributed by atoms with Crippen LogP contribution in [-0.2, 0) is 14.6 Å². The number of likely N-dealkylation sites (N-methyl/N-ethyl adjacent to an activating group) is 1. The molecule has 0 bridgehead atoms. The fourth-order valence-corrected chi connectivity index (χ4v) is 2.45. The summed E-state index contributed by atoms with van der Waals surface area (Å²) >= 11 is 0. The third-order valence-corrected chi connectivity index (χ3v) is 4.40. The van der Waals surface area contributed by atoms with Crippen LogP contribution in [0, 0.1) is 0 Å². The highest BCUT2D eigenvalue weighted by Gasteiger charge is 2.13. The lowest BCUT2D eigenvalue weighted by Gasteiger charge is -2.25. The highest BCUT2D eigenvalue weighted by molar-refractivity contribution is 7.90. The average molecular weight is 301 g/mol. The van der Waals surface area contributed by atoms with Gasteiger partial charge in [0, 0.05) is 18.8 Å². The molecule has 0 aliphatic rings. The second kappa shape index (κ2) is 7.73. The molecule has 6 heteroatoms. The Morgan fingerprint density at radius 1 is 1.25 bits per heavy atom. The van der Waals surface area contributed by atoms with Gasteiger partial charge >= 0.3 is 0 Å². The first-order valence-corrected chi connectivity index (χ1v) is 8.44. The first-order valence-electron chi connectivity index (χ1n) is 6.55. The van der Waals surface area contributed by atoms with Crippen LogP contribution in [-0.4, -0.2) is 58.1 Å². The van der Waals surface area contributed by atoms with E-state index in [2.05, 4.69) is 11.8 Å². The van der Waals surface area contributed by atoms with Crippen molar-refractivity contribution in [2.45, 2.75) is 17.9 Å². The number of benzene rings is 1. The molecule has 0 radical (unpaired) electrons. The first-order chi connectivity index (χ1) is 9.36. The van der Waals surface area contributed by atoms with Crippen molar-refractivity contribution in [1.82, 2.24) is 4.90 Å². The summed E-state index contributed by atoms with van der Waals surface area (Å²) in [4.78, 5) is 2.45. The van der Waals surface area contributed by atoms with Crippen molar-refractivity contribution in [2.24, 2.45) is 0 Å². The predicted molar refractivity (Wildman–Crippen MR) is 78.5 cm³/mol. The summed E-state index contributed by atoms with van der Waals surface area (Å²) in [6.07, 6.45) is 1.20. The first kappa shape index (κ1) is 17.1. The second-order valence-corrected chi connectivity index (χ2v) is 6.85. The van der Waals surface area contributed by atoms with Crippen LogP contribution in [0.5, 0.6) is 0 Å². The minimum atomic E-state index is -3.14. The highest BCUT2D eigenvalue weighted by Crippen LogP contribution is 2.20. The molecule has 1 aromatic rings. The largest absolute Gasteiger partial charge is 0.394 e. The third kappa shape index (κ3) is 5.20. The summed E-state index contributed by atoms with van der Waals surface area (Å²) in [6.45, 7) is 3.75. The van der Waals surface area contributed by atoms with Crippen molar-refractivity contribution >= 4 is 9.84 Å². The molecule has 1 aromatic carbocycles. The molecule has 1 rings (SSSR count). The third-order valence-electron chi connectivity index (χ3n) is 3.28. The molecule has 0 amide bonds. The Morgan fingerprint density at radius 3 is 2.35 bits per heavy atom. The molecule has 0 aliphatic heterocycles. The fraction of sp³-hybridized carbons (Fsp3) is 0.571. The number of nitrogens with zero attached hydrogens (tertiary/aromatic N) is 1. The summed E-state index contributed by atoms with van der Waals surface area (Å²) in [5.74, 6) is 0. The van der Waals surface area contributed by atoms with Gasteiger partial charge in [0.25, 0.3) is 0 Å². The predicted octanol–water partition coefficient (Wildman–Crippen LogP) is 1.09. The van der Waals surface area contributed by atoms with Crippen molar-refractivity contribution in [3.8, 4) is 0 Å². The smallest absolute Gasteiger partial charge is 0.175 e. The Labute approximate surface area is 121 Å². The molecule has 0 aliphatic carbocycles. The average Bonchev–Trinajstić information content (AvgIpc) is 2.41. The Kier molecular flexibility index (Phi) is 6.61. The minimum Gasteiger partial charge on any atom is -0.394 e. The molecule has 0 aromatic heterocycles. The van der Waals surface area contributed by atoms with Crippen molar-refractivity contribution in [3.05, 3.63) is 29.8 Å². The van der Waals surface area contributed by atoms with E-state index in [1.165, 1.54) is 6.26 Å². The normalized spacial score (nSPS) is 13.7. The van der Waals surface area contributed by atoms with Crippen LogP contribution >= 0.6 is 0 Å². The van der Waals surface area contributed by atoms with Crippen LogP contribution in [0.1, 0.15) is 18.5 Å². The van der Waals surface area contributed by atoms with Gasteiger partial charge in [0.2, 0.25) is 0 Å². The van der Waals surface area contributed by atoms with Gasteiger partial charge in [-0.15, -0.1) is 0 Å². The number of ether oxygens (including phenoxy) is 1. The van der Waals surface area contributed by atoms with Gasteiger partial charge in [-0.2, -0.15) is 0 Å². The summed E-state index contributed by atoms with van der Waals surface area (Å²) in [7, 11) is -1.16. The van der Waals surface area contributed by atoms with E-state index >= 15 is 0 Å². The van der Waals surface area contributed by atoms with Gasteiger partial charge in [0.05, 0.1) is 24.7 Å². The highest BCUT2D eigenvalue weighted by atomic mass is 32.2. The zero-order valence-corrected chi connectivity index (χ0v) is 13.1. The van der Waals surface area contributed by atoms with Crippen molar-refractivity contribution in [2.75, 3.05) is 39.7 Å². The van der Waals surface area contributed by atoms with Gasteiger partial charge in [0.1, 0.15) is 0 Å². The van der Waals surface area contributed by atoms with E-state index in [0.29, 0.717) is 18.1 Å². The van der Waals surface area contributed by atoms with E-state index in [9.17, 15) is 8.42 Å². The summed E-state index contributed by atoms with van der Waals surface area (Å²) in [5, 5.41) is 8.62. The monoisotopic (exact) mass is 301 g/mol. The molecule has 0 heterocycles. The molecule has 0 saturated heterocycles. The second-order valence-electron chi connectivity index (χ2n) is 4.83. The molecule has 0 saturated carbocycles. The lowest BCUT2D eigenvalue weighted by atomic mass is 10.1. The fourth-order valence-electron chi connectivity index (χ4n) is 1.82. The van der Waals surface area contributed by atoms with Crippen LogP contribution in [0.2, 0.25) is 0 Å². The van der Waals surface area contributed by atoms with Gasteiger partial charge in [-0.1, -0.05) is 12.1 Å². The molecule has 5 nitrogen and oxygen atoms in total. The Balaban J connectivity index is 2.60. The van der Waals surface area contributed by atoms with E-state index < -0.39 is 9.84 Å². The zero-order chi connectivity index (χ0) is 15.2. The van der Waals surface area contributed by atoms with Gasteiger partial charge in [-0.25, -0.2) is 8.42 Å². The molecule has 20 heavy (non-hydrogen) atoms. The molecule has 114 valence electrons. The van der Waals surface area contributed by atoms with E-state index in [1.54, 1.807) is 12.1 Å². The van der Waals surface area contributed by atoms with Gasteiger partial charge in [-0.05, 0) is 31.7 Å². The molecular weight excluding hydrogens is 278 g/mol. The molecule has 1 N–H and O–H groups in total. The van der Waals surface area contributed by atoms with Gasteiger partial charge in [0.15, 0.2) is 9.84 Å². The van der Waals surface area contributed by atoms with E-state index in [0.717, 1.165) is 12.1 Å². The maximum Gasteiger partial charge on any atom is 0.175 e. The number of hydrogen-bond donors (Lipinski definition) is 1. The molecule has 1 atom stereocenters. The number of aliphatic hydroxyl groups is 1. The lowest BCUT2D eigenvalue weighted by molar-refractivity contribution is 0.0719. The van der Waals surface area contributed by atoms with Gasteiger partial charge in [-0.3, -0.25) is 4.90 Å². The van der Waals surface area contributed by atoms with E-state index in [4.69, 9.17) is 9.84 Å². The Bertz CT molecular complexity index is 498. The van der Waals surface area contributed by atoms with Crippen LogP contribution in [0.3, 0.4) is 0 Å². The van der Waals surface area contributed by atoms with Crippen LogP contribution in [0.4, 0.5) is 0 Å². The standard InChI is InChI=1S/C14H23NO4S/c1-12(15(2)8-10-19-11-9-16)13-4-6-14(7-5-13)20(3,17)18/h4-7,12,16H,8-11H2,1-3H3/t12-/m1/s1. The number of sulfone groups is 1. The SMILES string of the molecule is C[C@H](c1ccc(S(C)(=O)=O)cc1)N(C)CCOCCO. The topological polar surface area (TPSA) is 66.8 Å². The molecular formula is C14H23NO4S. The lowest BCUT2D eigenvalue weighted by Crippen LogP contribution is -2.26. The Morgan fingerprint density at radius 2 is 1.85 bits per heavy atom. The minimum absolute atomic E-state index is 0.0340. The van der Waals surface area contributed by atoms with Gasteiger partial charge < -0.3 is 9.84 Å². The maximum absolute atomic E-state index is 11.4. The molecule has 0 fully saturated rings. The maximum atomic E-state index is 11.4. The zero-order valence-electron chi connectivity index (χ0n) is 12.2. The van der Waals surface area contributed by atoms with Crippen molar-refractivity contribution in [1.29, 1.82) is 0 Å². The van der Waals surface area contributed by atoms with Crippen LogP contribution in [0.25, 0.3) is 0 Å².